The number of hydrogen-bond donors (Lipinski definition) is 2. The van der Waals surface area contributed by atoms with Crippen molar-refractivity contribution in [3.8, 4) is 0 Å². The van der Waals surface area contributed by atoms with Crippen molar-refractivity contribution in [3.05, 3.63) is 34.4 Å². The van der Waals surface area contributed by atoms with Crippen LogP contribution in [-0.2, 0) is 11.3 Å². The van der Waals surface area contributed by atoms with Crippen molar-refractivity contribution < 1.29 is 14.6 Å². The number of β-amino-alcohol motifs (C(OH)–C–C–N with tert-alkyl or cyclic N) is 1. The largest absolute Gasteiger partial charge is 0.457 e. The number of carbonyl (C=O) groups excluding carboxylic acids is 1. The number of aliphatic hydroxyl groups is 1. The molecule has 2 atom stereocenters. The zero-order valence-corrected chi connectivity index (χ0v) is 15.3. The van der Waals surface area contributed by atoms with Crippen LogP contribution < -0.4 is 4.84 Å². The van der Waals surface area contributed by atoms with Gasteiger partial charge in [-0.1, -0.05) is 6.07 Å². The van der Waals surface area contributed by atoms with Crippen LogP contribution in [0.15, 0.2) is 12.1 Å². The predicted octanol–water partition coefficient (Wildman–Crippen LogP) is 2.69. The molecule has 0 bridgehead atoms. The number of cyclic esters (lactones) is 1. The van der Waals surface area contributed by atoms with Gasteiger partial charge in [0.2, 0.25) is 0 Å². The van der Waals surface area contributed by atoms with Gasteiger partial charge in [-0.2, -0.15) is 0 Å². The molecule has 0 radical (unpaired) electrons. The average Bonchev–Trinajstić information content (AvgIpc) is 3.15. The van der Waals surface area contributed by atoms with Crippen LogP contribution in [0.5, 0.6) is 0 Å². The Morgan fingerprint density at radius 1 is 1.48 bits per heavy atom. The van der Waals surface area contributed by atoms with Crippen molar-refractivity contribution in [1.82, 2.24) is 9.74 Å². The first-order valence-electron chi connectivity index (χ1n) is 9.12. The van der Waals surface area contributed by atoms with Gasteiger partial charge in [-0.15, -0.1) is 0 Å². The molecule has 1 unspecified atom stereocenters. The number of esters is 1. The summed E-state index contributed by atoms with van der Waals surface area (Å²) in [6, 6.07) is 3.65. The summed E-state index contributed by atoms with van der Waals surface area (Å²) in [7, 11) is 0. The first-order valence-corrected chi connectivity index (χ1v) is 9.49. The van der Waals surface area contributed by atoms with E-state index in [0.29, 0.717) is 24.6 Å². The SMILES string of the molecule is Cc1c([C@@H](O)CN2CCC(C3(NCl)CCC3)C2)ccc2c1COC2=O. The lowest BCUT2D eigenvalue weighted by Gasteiger charge is -2.45. The van der Waals surface area contributed by atoms with E-state index in [0.717, 1.165) is 49.0 Å². The summed E-state index contributed by atoms with van der Waals surface area (Å²) >= 11 is 6.02. The summed E-state index contributed by atoms with van der Waals surface area (Å²) < 4.78 is 5.10. The van der Waals surface area contributed by atoms with E-state index >= 15 is 0 Å². The second kappa shape index (κ2) is 6.54. The van der Waals surface area contributed by atoms with E-state index in [1.807, 2.05) is 13.0 Å². The van der Waals surface area contributed by atoms with E-state index in [1.54, 1.807) is 6.07 Å². The summed E-state index contributed by atoms with van der Waals surface area (Å²) in [4.78, 5) is 17.0. The third-order valence-corrected chi connectivity index (χ3v) is 6.86. The highest BCUT2D eigenvalue weighted by Gasteiger charge is 2.46. The molecule has 2 fully saturated rings. The normalized spacial score (nSPS) is 26.2. The van der Waals surface area contributed by atoms with E-state index in [-0.39, 0.29) is 11.5 Å². The van der Waals surface area contributed by atoms with Crippen molar-refractivity contribution in [3.63, 3.8) is 0 Å². The number of nitrogens with one attached hydrogen (secondary N) is 1. The van der Waals surface area contributed by atoms with Crippen LogP contribution in [0.4, 0.5) is 0 Å². The van der Waals surface area contributed by atoms with Gasteiger partial charge in [-0.3, -0.25) is 0 Å². The minimum absolute atomic E-state index is 0.0996. The molecule has 0 spiro atoms. The lowest BCUT2D eigenvalue weighted by Crippen LogP contribution is -2.53. The quantitative estimate of drug-likeness (QED) is 0.621. The number of halogens is 1. The number of aliphatic hydroxyl groups excluding tert-OH is 1. The van der Waals surface area contributed by atoms with Gasteiger partial charge in [-0.25, -0.2) is 9.63 Å². The third-order valence-electron chi connectivity index (χ3n) is 6.49. The number of carbonyl (C=O) groups is 1. The van der Waals surface area contributed by atoms with Crippen molar-refractivity contribution in [1.29, 1.82) is 0 Å². The molecule has 0 amide bonds. The zero-order chi connectivity index (χ0) is 17.6. The highest BCUT2D eigenvalue weighted by molar-refractivity contribution is 6.14. The topological polar surface area (TPSA) is 61.8 Å². The highest BCUT2D eigenvalue weighted by Crippen LogP contribution is 2.43. The number of likely N-dealkylation sites (tertiary alicyclic amines) is 1. The van der Waals surface area contributed by atoms with Crippen LogP contribution in [-0.4, -0.2) is 41.1 Å². The Hall–Kier alpha value is -1.14. The van der Waals surface area contributed by atoms with E-state index in [1.165, 1.54) is 6.42 Å². The van der Waals surface area contributed by atoms with Gasteiger partial charge in [0.25, 0.3) is 0 Å². The van der Waals surface area contributed by atoms with Gasteiger partial charge < -0.3 is 14.7 Å². The summed E-state index contributed by atoms with van der Waals surface area (Å²) in [5.74, 6) is 0.291. The second-order valence-corrected chi connectivity index (χ2v) is 7.94. The number of nitrogens with zero attached hydrogens (tertiary/aromatic N) is 1. The smallest absolute Gasteiger partial charge is 0.338 e. The Kier molecular flexibility index (Phi) is 4.52. The van der Waals surface area contributed by atoms with Gasteiger partial charge in [0, 0.05) is 24.2 Å². The van der Waals surface area contributed by atoms with Crippen LogP contribution in [0.2, 0.25) is 0 Å². The third kappa shape index (κ3) is 2.87. The molecular formula is C19H25ClN2O3. The van der Waals surface area contributed by atoms with Crippen LogP contribution >= 0.6 is 11.8 Å². The fraction of sp³-hybridized carbons (Fsp3) is 0.632. The van der Waals surface area contributed by atoms with E-state index in [2.05, 4.69) is 9.74 Å². The molecule has 5 nitrogen and oxygen atoms in total. The maximum Gasteiger partial charge on any atom is 0.338 e. The predicted molar refractivity (Wildman–Crippen MR) is 95.4 cm³/mol. The first kappa shape index (κ1) is 17.3. The van der Waals surface area contributed by atoms with Gasteiger partial charge >= 0.3 is 5.97 Å². The molecule has 2 aliphatic heterocycles. The zero-order valence-electron chi connectivity index (χ0n) is 14.6. The number of fused-ring (bicyclic) bond motifs is 1. The van der Waals surface area contributed by atoms with Crippen molar-refractivity contribution in [2.75, 3.05) is 19.6 Å². The molecule has 136 valence electrons. The Morgan fingerprint density at radius 2 is 2.28 bits per heavy atom. The van der Waals surface area contributed by atoms with Gasteiger partial charge in [0.1, 0.15) is 6.61 Å². The molecule has 3 aliphatic rings. The van der Waals surface area contributed by atoms with Crippen LogP contribution in [0.1, 0.15) is 58.8 Å². The Morgan fingerprint density at radius 3 is 2.96 bits per heavy atom. The monoisotopic (exact) mass is 364 g/mol. The molecule has 4 rings (SSSR count). The number of hydrogen-bond acceptors (Lipinski definition) is 5. The number of ether oxygens (including phenoxy) is 1. The molecule has 1 saturated carbocycles. The number of benzene rings is 1. The number of rotatable bonds is 5. The fourth-order valence-corrected chi connectivity index (χ4v) is 5.00. The Balaban J connectivity index is 1.43. The summed E-state index contributed by atoms with van der Waals surface area (Å²) in [6.45, 7) is 4.86. The van der Waals surface area contributed by atoms with Gasteiger partial charge in [-0.05, 0) is 74.0 Å². The van der Waals surface area contributed by atoms with Crippen molar-refractivity contribution >= 4 is 17.7 Å². The van der Waals surface area contributed by atoms with Crippen molar-refractivity contribution in [2.45, 2.75) is 50.9 Å². The van der Waals surface area contributed by atoms with E-state index < -0.39 is 6.10 Å². The van der Waals surface area contributed by atoms with Gasteiger partial charge in [0.05, 0.1) is 11.7 Å². The molecular weight excluding hydrogens is 340 g/mol. The van der Waals surface area contributed by atoms with E-state index in [9.17, 15) is 9.90 Å². The average molecular weight is 365 g/mol. The minimum atomic E-state index is -0.555. The molecule has 1 aromatic carbocycles. The summed E-state index contributed by atoms with van der Waals surface area (Å²) in [5.41, 5.74) is 3.52. The lowest BCUT2D eigenvalue weighted by atomic mass is 9.68. The van der Waals surface area contributed by atoms with E-state index in [4.69, 9.17) is 16.5 Å². The Labute approximate surface area is 153 Å². The lowest BCUT2D eigenvalue weighted by molar-refractivity contribution is 0.0535. The standard InChI is InChI=1S/C19H25ClN2O3/c1-12-14(3-4-15-16(12)11-25-18(15)24)17(23)10-22-8-5-13(9-22)19(21-20)6-2-7-19/h3-4,13,17,21,23H,2,5-11H2,1H3/t13?,17-/m0/s1. The second-order valence-electron chi connectivity index (χ2n) is 7.75. The molecule has 2 heterocycles. The van der Waals surface area contributed by atoms with Crippen LogP contribution in [0.3, 0.4) is 0 Å². The molecule has 6 heteroatoms. The van der Waals surface area contributed by atoms with Crippen molar-refractivity contribution in [2.24, 2.45) is 5.92 Å². The molecule has 0 aromatic heterocycles. The van der Waals surface area contributed by atoms with Gasteiger partial charge in [0.15, 0.2) is 0 Å². The molecule has 1 aliphatic carbocycles. The summed E-state index contributed by atoms with van der Waals surface area (Å²) in [6.07, 6.45) is 4.11. The van der Waals surface area contributed by atoms with Crippen LogP contribution in [0, 0.1) is 12.8 Å². The molecule has 1 saturated heterocycles. The minimum Gasteiger partial charge on any atom is -0.457 e. The summed E-state index contributed by atoms with van der Waals surface area (Å²) in [5, 5.41) is 10.8. The first-order chi connectivity index (χ1) is 12.0. The Bertz CT molecular complexity index is 684. The maximum atomic E-state index is 11.7. The highest BCUT2D eigenvalue weighted by atomic mass is 35.5. The molecule has 25 heavy (non-hydrogen) atoms. The molecule has 2 N–H and O–H groups in total. The fourth-order valence-electron chi connectivity index (χ4n) is 4.66. The molecule has 1 aromatic rings. The van der Waals surface area contributed by atoms with Crippen LogP contribution in [0.25, 0.3) is 0 Å². The maximum absolute atomic E-state index is 11.7.